The minimum Gasteiger partial charge on any atom is -0.457 e. The molecule has 0 saturated heterocycles. The average molecular weight is 328 g/mol. The topological polar surface area (TPSA) is 70.1 Å². The zero-order valence-electron chi connectivity index (χ0n) is 10.1. The molecule has 0 aliphatic rings. The van der Waals surface area contributed by atoms with Crippen LogP contribution in [0.2, 0.25) is 0 Å². The van der Waals surface area contributed by atoms with E-state index in [1.807, 2.05) is 0 Å². The Morgan fingerprint density at radius 1 is 1.58 bits per heavy atom. The van der Waals surface area contributed by atoms with E-state index < -0.39 is 11.8 Å². The van der Waals surface area contributed by atoms with Gasteiger partial charge in [0, 0.05) is 23.3 Å². The number of hydrogen-bond acceptors (Lipinski definition) is 4. The highest BCUT2D eigenvalue weighted by Crippen LogP contribution is 2.23. The number of esters is 1. The lowest BCUT2D eigenvalue weighted by molar-refractivity contribution is 0.0471. The summed E-state index contributed by atoms with van der Waals surface area (Å²) in [6.07, 6.45) is 3.34. The highest BCUT2D eigenvalue weighted by molar-refractivity contribution is 9.10. The lowest BCUT2D eigenvalue weighted by Crippen LogP contribution is -2.07. The highest BCUT2D eigenvalue weighted by Gasteiger charge is 2.15. The lowest BCUT2D eigenvalue weighted by Gasteiger charge is -2.07. The monoisotopic (exact) mass is 327 g/mol. The smallest absolute Gasteiger partial charge is 0.339 e. The van der Waals surface area contributed by atoms with Gasteiger partial charge in [-0.3, -0.25) is 4.68 Å². The molecule has 100 valence electrons. The van der Waals surface area contributed by atoms with Gasteiger partial charge in [-0.05, 0) is 28.1 Å². The van der Waals surface area contributed by atoms with Gasteiger partial charge < -0.3 is 10.5 Å². The molecule has 0 amide bonds. The van der Waals surface area contributed by atoms with Crippen molar-refractivity contribution in [2.75, 3.05) is 5.73 Å². The molecule has 2 N–H and O–H groups in total. The van der Waals surface area contributed by atoms with Gasteiger partial charge in [0.05, 0.1) is 17.4 Å². The molecule has 0 radical (unpaired) electrons. The van der Waals surface area contributed by atoms with Crippen LogP contribution in [0.3, 0.4) is 0 Å². The molecule has 5 nitrogen and oxygen atoms in total. The fourth-order valence-electron chi connectivity index (χ4n) is 1.50. The van der Waals surface area contributed by atoms with Crippen LogP contribution in [0.25, 0.3) is 0 Å². The predicted octanol–water partition coefficient (Wildman–Crippen LogP) is 2.26. The first-order valence-electron chi connectivity index (χ1n) is 5.36. The number of halogens is 2. The lowest BCUT2D eigenvalue weighted by atomic mass is 10.2. The second kappa shape index (κ2) is 5.40. The third-order valence-electron chi connectivity index (χ3n) is 2.43. The minimum absolute atomic E-state index is 0.0936. The summed E-state index contributed by atoms with van der Waals surface area (Å²) >= 11 is 3.10. The Morgan fingerprint density at radius 2 is 2.32 bits per heavy atom. The van der Waals surface area contributed by atoms with Crippen LogP contribution in [0.15, 0.2) is 29.0 Å². The van der Waals surface area contributed by atoms with Crippen LogP contribution in [0, 0.1) is 5.82 Å². The Balaban J connectivity index is 2.10. The summed E-state index contributed by atoms with van der Waals surface area (Å²) in [7, 11) is 1.77. The summed E-state index contributed by atoms with van der Waals surface area (Å²) in [4.78, 5) is 11.9. The van der Waals surface area contributed by atoms with Crippen molar-refractivity contribution in [2.24, 2.45) is 7.05 Å². The molecule has 1 aromatic heterocycles. The van der Waals surface area contributed by atoms with Crippen molar-refractivity contribution in [1.29, 1.82) is 0 Å². The molecule has 0 aliphatic heterocycles. The van der Waals surface area contributed by atoms with Crippen molar-refractivity contribution in [2.45, 2.75) is 6.61 Å². The Kier molecular flexibility index (Phi) is 3.84. The second-order valence-corrected chi connectivity index (χ2v) is 4.81. The summed E-state index contributed by atoms with van der Waals surface area (Å²) in [6, 6.07) is 2.38. The summed E-state index contributed by atoms with van der Waals surface area (Å²) in [5, 5.41) is 3.96. The van der Waals surface area contributed by atoms with Crippen molar-refractivity contribution in [1.82, 2.24) is 9.78 Å². The van der Waals surface area contributed by atoms with E-state index in [0.717, 1.165) is 11.6 Å². The maximum Gasteiger partial charge on any atom is 0.339 e. The number of aromatic nitrogens is 2. The maximum absolute atomic E-state index is 13.2. The normalized spacial score (nSPS) is 10.5. The van der Waals surface area contributed by atoms with Crippen LogP contribution in [-0.2, 0) is 18.4 Å². The Hall–Kier alpha value is -1.89. The van der Waals surface area contributed by atoms with Gasteiger partial charge in [0.1, 0.15) is 12.4 Å². The molecule has 1 aromatic carbocycles. The minimum atomic E-state index is -0.587. The van der Waals surface area contributed by atoms with Crippen LogP contribution in [0.5, 0.6) is 0 Å². The molecular weight excluding hydrogens is 317 g/mol. The van der Waals surface area contributed by atoms with Crippen molar-refractivity contribution in [3.05, 3.63) is 45.9 Å². The number of carbonyl (C=O) groups is 1. The van der Waals surface area contributed by atoms with Gasteiger partial charge in [-0.25, -0.2) is 9.18 Å². The zero-order chi connectivity index (χ0) is 14.0. The number of hydrogen-bond donors (Lipinski definition) is 1. The number of nitrogen functional groups attached to an aromatic ring is 1. The van der Waals surface area contributed by atoms with E-state index in [1.54, 1.807) is 24.1 Å². The molecule has 0 aliphatic carbocycles. The molecule has 0 saturated carbocycles. The fourth-order valence-corrected chi connectivity index (χ4v) is 1.97. The summed E-state index contributed by atoms with van der Waals surface area (Å²) in [5.41, 5.74) is 6.27. The van der Waals surface area contributed by atoms with E-state index in [-0.39, 0.29) is 17.9 Å². The quantitative estimate of drug-likeness (QED) is 0.693. The number of benzene rings is 1. The van der Waals surface area contributed by atoms with Gasteiger partial charge in [-0.15, -0.1) is 0 Å². The van der Waals surface area contributed by atoms with Gasteiger partial charge >= 0.3 is 5.97 Å². The van der Waals surface area contributed by atoms with Crippen molar-refractivity contribution in [3.63, 3.8) is 0 Å². The summed E-state index contributed by atoms with van der Waals surface area (Å²) in [5.74, 6) is -1.17. The first-order valence-corrected chi connectivity index (χ1v) is 6.16. The second-order valence-electron chi connectivity index (χ2n) is 3.95. The molecule has 19 heavy (non-hydrogen) atoms. The van der Waals surface area contributed by atoms with Gasteiger partial charge in [0.25, 0.3) is 0 Å². The number of rotatable bonds is 3. The number of aryl methyl sites for hydroxylation is 1. The first-order chi connectivity index (χ1) is 8.97. The maximum atomic E-state index is 13.2. The van der Waals surface area contributed by atoms with E-state index in [0.29, 0.717) is 4.47 Å². The molecule has 0 fully saturated rings. The van der Waals surface area contributed by atoms with Crippen molar-refractivity contribution < 1.29 is 13.9 Å². The van der Waals surface area contributed by atoms with E-state index in [1.165, 1.54) is 6.07 Å². The number of anilines is 1. The number of carbonyl (C=O) groups excluding carboxylic acids is 1. The van der Waals surface area contributed by atoms with Crippen LogP contribution >= 0.6 is 15.9 Å². The van der Waals surface area contributed by atoms with E-state index in [4.69, 9.17) is 10.5 Å². The molecule has 0 atom stereocenters. The van der Waals surface area contributed by atoms with Crippen LogP contribution < -0.4 is 5.73 Å². The Morgan fingerprint density at radius 3 is 2.95 bits per heavy atom. The molecule has 2 aromatic rings. The van der Waals surface area contributed by atoms with Crippen molar-refractivity contribution >= 4 is 27.6 Å². The van der Waals surface area contributed by atoms with Gasteiger partial charge in [-0.2, -0.15) is 5.10 Å². The summed E-state index contributed by atoms with van der Waals surface area (Å²) < 4.78 is 20.2. The third kappa shape index (κ3) is 3.11. The van der Waals surface area contributed by atoms with Gasteiger partial charge in [0.15, 0.2) is 0 Å². The molecular formula is C12H11BrFN3O2. The molecule has 0 unspecified atom stereocenters. The number of ether oxygens (including phenoxy) is 1. The number of nitrogens with zero attached hydrogens (tertiary/aromatic N) is 2. The van der Waals surface area contributed by atoms with E-state index in [2.05, 4.69) is 21.0 Å². The van der Waals surface area contributed by atoms with Crippen LogP contribution in [-0.4, -0.2) is 15.7 Å². The van der Waals surface area contributed by atoms with Gasteiger partial charge in [-0.1, -0.05) is 0 Å². The molecule has 7 heteroatoms. The predicted molar refractivity (Wildman–Crippen MR) is 70.8 cm³/mol. The first kappa shape index (κ1) is 13.5. The molecule has 1 heterocycles. The van der Waals surface area contributed by atoms with E-state index in [9.17, 15) is 9.18 Å². The fraction of sp³-hybridized carbons (Fsp3) is 0.167. The Labute approximate surface area is 117 Å². The SMILES string of the molecule is Cn1cc(COC(=O)c2cc(N)c(F)cc2Br)cn1. The molecule has 0 bridgehead atoms. The average Bonchev–Trinajstić information content (AvgIpc) is 2.77. The summed E-state index contributed by atoms with van der Waals surface area (Å²) in [6.45, 7) is 0.0936. The molecule has 2 rings (SSSR count). The van der Waals surface area contributed by atoms with Gasteiger partial charge in [0.2, 0.25) is 0 Å². The molecule has 0 spiro atoms. The van der Waals surface area contributed by atoms with Crippen LogP contribution in [0.4, 0.5) is 10.1 Å². The largest absolute Gasteiger partial charge is 0.457 e. The number of nitrogens with two attached hydrogens (primary N) is 1. The third-order valence-corrected chi connectivity index (χ3v) is 3.09. The van der Waals surface area contributed by atoms with Crippen LogP contribution in [0.1, 0.15) is 15.9 Å². The Bertz CT molecular complexity index is 627. The standard InChI is InChI=1S/C12H11BrFN3O2/c1-17-5-7(4-16-17)6-19-12(18)8-2-11(15)10(14)3-9(8)13/h2-5H,6,15H2,1H3. The van der Waals surface area contributed by atoms with E-state index >= 15 is 0 Å². The zero-order valence-corrected chi connectivity index (χ0v) is 11.6. The van der Waals surface area contributed by atoms with Crippen molar-refractivity contribution in [3.8, 4) is 0 Å². The highest BCUT2D eigenvalue weighted by atomic mass is 79.9.